The van der Waals surface area contributed by atoms with Gasteiger partial charge >= 0.3 is 5.97 Å². The van der Waals surface area contributed by atoms with Crippen molar-refractivity contribution in [1.29, 1.82) is 0 Å². The molecular weight excluding hydrogens is 336 g/mol. The lowest BCUT2D eigenvalue weighted by atomic mass is 9.99. The van der Waals surface area contributed by atoms with Crippen LogP contribution in [0.15, 0.2) is 36.4 Å². The van der Waals surface area contributed by atoms with E-state index in [0.717, 1.165) is 12.2 Å². The molecule has 1 aliphatic rings. The number of hydrogen-bond acceptors (Lipinski definition) is 5. The number of aliphatic hydroxyl groups is 1. The van der Waals surface area contributed by atoms with Gasteiger partial charge in [0, 0.05) is 12.5 Å². The van der Waals surface area contributed by atoms with Gasteiger partial charge in [0.15, 0.2) is 0 Å². The number of β-amino-alcohol motifs (C(OH)–C–C–N with tert-alkyl or cyclic N) is 1. The molecule has 2 rings (SSSR count). The number of carbonyl (C=O) groups excluding carboxylic acids is 3. The maximum Gasteiger partial charge on any atom is 0.330 e. The lowest BCUT2D eigenvalue weighted by Crippen LogP contribution is -2.50. The zero-order chi connectivity index (χ0) is 18.6. The number of fused-ring (bicyclic) bond motifs is 1. The Morgan fingerprint density at radius 3 is 2.32 bits per heavy atom. The number of hydrogen-bond donors (Lipinski definition) is 1. The summed E-state index contributed by atoms with van der Waals surface area (Å²) in [5.74, 6) is -2.22. The fraction of sp³-hybridized carbons (Fsp3) is 0.353. The molecule has 0 radical (unpaired) electrons. The largest absolute Gasteiger partial charge is 0.463 e. The first-order chi connectivity index (χ1) is 11.8. The Hall–Kier alpha value is -2.61. The van der Waals surface area contributed by atoms with Crippen LogP contribution in [-0.2, 0) is 9.53 Å². The number of imide groups is 1. The number of halogens is 2. The molecule has 0 aromatic heterocycles. The molecule has 1 heterocycles. The van der Waals surface area contributed by atoms with Crippen LogP contribution in [0.5, 0.6) is 0 Å². The summed E-state index contributed by atoms with van der Waals surface area (Å²) in [6.07, 6.45) is -1.91. The molecule has 134 valence electrons. The van der Waals surface area contributed by atoms with E-state index in [0.29, 0.717) is 4.90 Å². The number of alkyl halides is 2. The highest BCUT2D eigenvalue weighted by atomic mass is 19.3. The van der Waals surface area contributed by atoms with Gasteiger partial charge in [-0.3, -0.25) is 14.5 Å². The fourth-order valence-electron chi connectivity index (χ4n) is 2.43. The predicted octanol–water partition coefficient (Wildman–Crippen LogP) is 1.79. The summed E-state index contributed by atoms with van der Waals surface area (Å²) in [7, 11) is 0. The molecule has 0 fully saturated rings. The van der Waals surface area contributed by atoms with Crippen LogP contribution >= 0.6 is 0 Å². The van der Waals surface area contributed by atoms with E-state index in [1.54, 1.807) is 19.1 Å². The third-order valence-electron chi connectivity index (χ3n) is 3.73. The van der Waals surface area contributed by atoms with Crippen molar-refractivity contribution in [1.82, 2.24) is 4.90 Å². The molecule has 1 aromatic carbocycles. The van der Waals surface area contributed by atoms with Crippen LogP contribution in [0.2, 0.25) is 0 Å². The number of nitrogens with zero attached hydrogens (tertiary/aromatic N) is 1. The van der Waals surface area contributed by atoms with Gasteiger partial charge in [0.25, 0.3) is 18.2 Å². The van der Waals surface area contributed by atoms with Crippen LogP contribution in [0.4, 0.5) is 8.78 Å². The minimum absolute atomic E-state index is 0.103. The van der Waals surface area contributed by atoms with E-state index in [9.17, 15) is 28.3 Å². The van der Waals surface area contributed by atoms with E-state index in [1.165, 1.54) is 12.1 Å². The average molecular weight is 353 g/mol. The van der Waals surface area contributed by atoms with E-state index in [-0.39, 0.29) is 17.7 Å². The van der Waals surface area contributed by atoms with Crippen molar-refractivity contribution in [3.05, 3.63) is 47.5 Å². The third-order valence-corrected chi connectivity index (χ3v) is 3.73. The van der Waals surface area contributed by atoms with Crippen molar-refractivity contribution in [2.24, 2.45) is 0 Å². The van der Waals surface area contributed by atoms with Crippen molar-refractivity contribution in [2.75, 3.05) is 13.2 Å². The summed E-state index contributed by atoms with van der Waals surface area (Å²) in [5, 5.41) is 10.2. The van der Waals surface area contributed by atoms with Crippen molar-refractivity contribution in [2.45, 2.75) is 25.4 Å². The first-order valence-corrected chi connectivity index (χ1v) is 7.59. The quantitative estimate of drug-likeness (QED) is 0.459. The van der Waals surface area contributed by atoms with Crippen molar-refractivity contribution < 1.29 is 33.0 Å². The van der Waals surface area contributed by atoms with Gasteiger partial charge in [-0.25, -0.2) is 13.6 Å². The topological polar surface area (TPSA) is 83.9 Å². The highest BCUT2D eigenvalue weighted by Gasteiger charge is 2.45. The molecule has 8 heteroatoms. The molecule has 0 unspecified atom stereocenters. The van der Waals surface area contributed by atoms with Crippen LogP contribution in [0.1, 0.15) is 34.1 Å². The molecule has 6 nitrogen and oxygen atoms in total. The monoisotopic (exact) mass is 353 g/mol. The van der Waals surface area contributed by atoms with E-state index in [1.807, 2.05) is 0 Å². The zero-order valence-corrected chi connectivity index (χ0v) is 13.4. The number of amides is 2. The van der Waals surface area contributed by atoms with Gasteiger partial charge < -0.3 is 9.84 Å². The Kier molecular flexibility index (Phi) is 5.63. The molecule has 1 N–H and O–H groups in total. The van der Waals surface area contributed by atoms with Crippen LogP contribution in [-0.4, -0.2) is 53.0 Å². The average Bonchev–Trinajstić information content (AvgIpc) is 2.80. The minimum atomic E-state index is -3.23. The lowest BCUT2D eigenvalue weighted by Gasteiger charge is -2.29. The first-order valence-electron chi connectivity index (χ1n) is 7.59. The standard InChI is InChI=1S/C17H17F2NO5/c1-2-25-13(21)8-5-9-17(24,16(18)19)10-20-14(22)11-6-3-4-7-12(11)15(20)23/h3-8,16,24H,2,9-10H2,1H3/b8-5+/t17-/m1/s1. The smallest absolute Gasteiger partial charge is 0.330 e. The summed E-state index contributed by atoms with van der Waals surface area (Å²) >= 11 is 0. The second-order valence-corrected chi connectivity index (χ2v) is 5.50. The van der Waals surface area contributed by atoms with E-state index in [2.05, 4.69) is 4.74 Å². The second kappa shape index (κ2) is 7.52. The predicted molar refractivity (Wildman–Crippen MR) is 83.2 cm³/mol. The van der Waals surface area contributed by atoms with E-state index >= 15 is 0 Å². The normalized spacial score (nSPS) is 16.4. The summed E-state index contributed by atoms with van der Waals surface area (Å²) in [4.78, 5) is 36.3. The van der Waals surface area contributed by atoms with E-state index in [4.69, 9.17) is 0 Å². The zero-order valence-electron chi connectivity index (χ0n) is 13.4. The van der Waals surface area contributed by atoms with Gasteiger partial charge in [-0.05, 0) is 19.1 Å². The maximum absolute atomic E-state index is 13.3. The third kappa shape index (κ3) is 3.90. The molecule has 0 spiro atoms. The fourth-order valence-corrected chi connectivity index (χ4v) is 2.43. The maximum atomic E-state index is 13.3. The molecule has 0 bridgehead atoms. The Morgan fingerprint density at radius 1 is 1.28 bits per heavy atom. The molecule has 1 atom stereocenters. The Morgan fingerprint density at radius 2 is 1.84 bits per heavy atom. The minimum Gasteiger partial charge on any atom is -0.463 e. The lowest BCUT2D eigenvalue weighted by molar-refractivity contribution is -0.137. The van der Waals surface area contributed by atoms with Crippen molar-refractivity contribution in [3.8, 4) is 0 Å². The SMILES string of the molecule is CCOC(=O)/C=C/C[C@@](O)(CN1C(=O)c2ccccc2C1=O)C(F)F. The summed E-state index contributed by atoms with van der Waals surface area (Å²) in [6.45, 7) is 0.824. The molecule has 0 aliphatic carbocycles. The Labute approximate surface area is 142 Å². The van der Waals surface area contributed by atoms with Gasteiger partial charge in [-0.15, -0.1) is 0 Å². The molecule has 2 amide bonds. The van der Waals surface area contributed by atoms with Crippen LogP contribution < -0.4 is 0 Å². The molecule has 25 heavy (non-hydrogen) atoms. The number of ether oxygens (including phenoxy) is 1. The summed E-state index contributed by atoms with van der Waals surface area (Å²) in [5.41, 5.74) is -2.46. The number of esters is 1. The number of benzene rings is 1. The highest BCUT2D eigenvalue weighted by molar-refractivity contribution is 6.21. The molecule has 1 aliphatic heterocycles. The second-order valence-electron chi connectivity index (χ2n) is 5.50. The molecule has 1 aromatic rings. The Bertz CT molecular complexity index is 684. The molecule has 0 saturated carbocycles. The number of carbonyl (C=O) groups is 3. The van der Waals surface area contributed by atoms with Crippen LogP contribution in [0, 0.1) is 0 Å². The molecular formula is C17H17F2NO5. The van der Waals surface area contributed by atoms with Gasteiger partial charge in [0.05, 0.1) is 24.3 Å². The summed E-state index contributed by atoms with van der Waals surface area (Å²) < 4.78 is 31.3. The van der Waals surface area contributed by atoms with Gasteiger partial charge in [0.1, 0.15) is 5.60 Å². The van der Waals surface area contributed by atoms with Crippen LogP contribution in [0.25, 0.3) is 0 Å². The van der Waals surface area contributed by atoms with E-state index < -0.39 is 42.8 Å². The first kappa shape index (κ1) is 18.7. The molecule has 0 saturated heterocycles. The van der Waals surface area contributed by atoms with Gasteiger partial charge in [0.2, 0.25) is 0 Å². The van der Waals surface area contributed by atoms with Crippen LogP contribution in [0.3, 0.4) is 0 Å². The van der Waals surface area contributed by atoms with Crippen molar-refractivity contribution in [3.63, 3.8) is 0 Å². The van der Waals surface area contributed by atoms with Gasteiger partial charge in [-0.2, -0.15) is 0 Å². The number of rotatable bonds is 7. The highest BCUT2D eigenvalue weighted by Crippen LogP contribution is 2.28. The summed E-state index contributed by atoms with van der Waals surface area (Å²) in [6, 6.07) is 5.93. The van der Waals surface area contributed by atoms with Gasteiger partial charge in [-0.1, -0.05) is 18.2 Å². The Balaban J connectivity index is 2.15. The van der Waals surface area contributed by atoms with Crippen molar-refractivity contribution >= 4 is 17.8 Å².